The van der Waals surface area contributed by atoms with Crippen LogP contribution < -0.4 is 0 Å². The van der Waals surface area contributed by atoms with E-state index in [1.165, 1.54) is 0 Å². The van der Waals surface area contributed by atoms with Crippen molar-refractivity contribution in [2.45, 2.75) is 121 Å². The number of rotatable bonds is 16. The maximum atomic E-state index is 12.2. The van der Waals surface area contributed by atoms with Crippen molar-refractivity contribution in [2.75, 3.05) is 6.61 Å². The Morgan fingerprint density at radius 1 is 0.589 bits per heavy atom. The smallest absolute Gasteiger partial charge is 0.187 e. The summed E-state index contributed by atoms with van der Waals surface area (Å²) in [5.74, 6) is -1.62. The second-order valence-electron chi connectivity index (χ2n) is 15.4. The summed E-state index contributed by atoms with van der Waals surface area (Å²) in [6, 6.07) is 39.7. The van der Waals surface area contributed by atoms with Crippen LogP contribution in [0.3, 0.4) is 0 Å². The van der Waals surface area contributed by atoms with Crippen molar-refractivity contribution in [1.29, 1.82) is 0 Å². The molecule has 0 aromatic heterocycles. The molecule has 3 aliphatic heterocycles. The van der Waals surface area contributed by atoms with Crippen LogP contribution in [0.2, 0.25) is 0 Å². The Morgan fingerprint density at radius 2 is 1.05 bits per heavy atom. The molecule has 0 bridgehead atoms. The van der Waals surface area contributed by atoms with Gasteiger partial charge in [0.2, 0.25) is 0 Å². The molecule has 10 heteroatoms. The Hall–Kier alpha value is -3.78. The first-order valence-corrected chi connectivity index (χ1v) is 19.4. The van der Waals surface area contributed by atoms with E-state index in [1.807, 2.05) is 155 Å². The van der Waals surface area contributed by atoms with Crippen LogP contribution in [0.25, 0.3) is 0 Å². The summed E-state index contributed by atoms with van der Waals surface area (Å²) in [6.07, 6.45) is -3.18. The van der Waals surface area contributed by atoms with Crippen LogP contribution in [0.5, 0.6) is 0 Å². The molecule has 0 radical (unpaired) electrons. The van der Waals surface area contributed by atoms with Crippen LogP contribution in [0.1, 0.15) is 49.9 Å². The Bertz CT molecular complexity index is 1790. The van der Waals surface area contributed by atoms with E-state index < -0.39 is 60.6 Å². The van der Waals surface area contributed by atoms with Gasteiger partial charge in [-0.25, -0.2) is 0 Å². The van der Waals surface area contributed by atoms with E-state index in [1.54, 1.807) is 6.08 Å². The van der Waals surface area contributed by atoms with Crippen molar-refractivity contribution in [3.63, 3.8) is 0 Å². The zero-order chi connectivity index (χ0) is 39.0. The number of ether oxygens (including phenoxy) is 9. The lowest BCUT2D eigenvalue weighted by atomic mass is 9.93. The summed E-state index contributed by atoms with van der Waals surface area (Å²) < 4.78 is 58.3. The summed E-state index contributed by atoms with van der Waals surface area (Å²) >= 11 is 0. The van der Waals surface area contributed by atoms with Crippen molar-refractivity contribution >= 4 is 0 Å². The van der Waals surface area contributed by atoms with Crippen LogP contribution >= 0.6 is 0 Å². The fourth-order valence-electron chi connectivity index (χ4n) is 7.32. The van der Waals surface area contributed by atoms with Crippen molar-refractivity contribution in [2.24, 2.45) is 0 Å². The topological polar surface area (TPSA) is 103 Å². The molecule has 0 amide bonds. The van der Waals surface area contributed by atoms with Crippen LogP contribution in [0.4, 0.5) is 0 Å². The van der Waals surface area contributed by atoms with E-state index in [-0.39, 0.29) is 32.5 Å². The number of hydrogen-bond donors (Lipinski definition) is 1. The first-order valence-electron chi connectivity index (χ1n) is 19.4. The van der Waals surface area contributed by atoms with Gasteiger partial charge in [0.25, 0.3) is 0 Å². The van der Waals surface area contributed by atoms with Gasteiger partial charge in [-0.1, -0.05) is 133 Å². The maximum absolute atomic E-state index is 12.2. The molecule has 3 aliphatic rings. The van der Waals surface area contributed by atoms with E-state index >= 15 is 0 Å². The number of aliphatic hydroxyl groups excluding tert-OH is 1. The van der Waals surface area contributed by atoms with E-state index in [0.29, 0.717) is 6.61 Å². The molecule has 0 spiro atoms. The predicted molar refractivity (Wildman–Crippen MR) is 209 cm³/mol. The Balaban J connectivity index is 1.21. The molecule has 56 heavy (non-hydrogen) atoms. The highest BCUT2D eigenvalue weighted by Crippen LogP contribution is 2.37. The van der Waals surface area contributed by atoms with Gasteiger partial charge in [-0.05, 0) is 49.9 Å². The molecule has 9 atom stereocenters. The van der Waals surface area contributed by atoms with Gasteiger partial charge in [0, 0.05) is 0 Å². The van der Waals surface area contributed by atoms with Crippen LogP contribution in [0, 0.1) is 0 Å². The zero-order valence-corrected chi connectivity index (χ0v) is 32.6. The Labute approximate surface area is 330 Å². The molecule has 4 aromatic rings. The SMILES string of the molecule is CC1(C)O[C@H]([C@H]2COC(C)(C)O2)[C@@H](/C=C/[C@@H](O)[C@H]2O[C@H](OCc3ccccc3)[C@@H](OCc3ccccc3)[C@@H](OCc3ccccc3)[C@@H]2OCc2ccccc2)O1. The molecule has 7 rings (SSSR count). The maximum Gasteiger partial charge on any atom is 0.187 e. The van der Waals surface area contributed by atoms with Crippen LogP contribution in [0.15, 0.2) is 133 Å². The molecule has 3 saturated heterocycles. The van der Waals surface area contributed by atoms with Crippen LogP contribution in [-0.4, -0.2) is 78.4 Å². The standard InChI is InChI=1S/C46H54O10/c1-45(2)52-31-38(55-45)40-37(54-46(3,4)56-40)26-25-36(47)39-41(48-27-32-17-9-5-10-18-32)42(49-28-33-19-11-6-12-20-33)43(50-29-34-21-13-7-14-22-34)44(53-39)51-30-35-23-15-8-16-24-35/h5-26,36-44,47H,27-31H2,1-4H3/b26-25+/t36-,37-,38-,39-,40+,41-,42+,43+,44+/m1/s1. The highest BCUT2D eigenvalue weighted by Gasteiger charge is 2.52. The lowest BCUT2D eigenvalue weighted by molar-refractivity contribution is -0.334. The minimum absolute atomic E-state index is 0.249. The summed E-state index contributed by atoms with van der Waals surface area (Å²) in [5, 5.41) is 12.2. The van der Waals surface area contributed by atoms with E-state index in [4.69, 9.17) is 42.6 Å². The predicted octanol–water partition coefficient (Wildman–Crippen LogP) is 7.27. The fourth-order valence-corrected chi connectivity index (χ4v) is 7.32. The van der Waals surface area contributed by atoms with Gasteiger partial charge in [-0.3, -0.25) is 0 Å². The largest absolute Gasteiger partial charge is 0.386 e. The second-order valence-corrected chi connectivity index (χ2v) is 15.4. The molecule has 4 aromatic carbocycles. The monoisotopic (exact) mass is 766 g/mol. The van der Waals surface area contributed by atoms with E-state index in [2.05, 4.69) is 0 Å². The van der Waals surface area contributed by atoms with Gasteiger partial charge in [-0.2, -0.15) is 0 Å². The fraction of sp³-hybridized carbons (Fsp3) is 0.435. The lowest BCUT2D eigenvalue weighted by Gasteiger charge is -2.47. The molecule has 0 unspecified atom stereocenters. The second kappa shape index (κ2) is 18.7. The lowest BCUT2D eigenvalue weighted by Crippen LogP contribution is -2.63. The molecule has 0 saturated carbocycles. The molecule has 1 N–H and O–H groups in total. The first-order chi connectivity index (χ1) is 27.1. The average Bonchev–Trinajstić information content (AvgIpc) is 3.74. The molecule has 3 heterocycles. The average molecular weight is 767 g/mol. The molecule has 3 fully saturated rings. The summed E-state index contributed by atoms with van der Waals surface area (Å²) in [4.78, 5) is 0. The minimum atomic E-state index is -1.18. The third-order valence-electron chi connectivity index (χ3n) is 10.0. The quantitative estimate of drug-likeness (QED) is 0.117. The molecule has 298 valence electrons. The Kier molecular flexibility index (Phi) is 13.5. The summed E-state index contributed by atoms with van der Waals surface area (Å²) in [5.41, 5.74) is 3.90. The normalized spacial score (nSPS) is 29.1. The highest BCUT2D eigenvalue weighted by molar-refractivity contribution is 5.17. The summed E-state index contributed by atoms with van der Waals surface area (Å²) in [7, 11) is 0. The zero-order valence-electron chi connectivity index (χ0n) is 32.6. The van der Waals surface area contributed by atoms with Gasteiger partial charge in [-0.15, -0.1) is 0 Å². The van der Waals surface area contributed by atoms with Gasteiger partial charge < -0.3 is 47.7 Å². The van der Waals surface area contributed by atoms with Crippen molar-refractivity contribution < 1.29 is 47.7 Å². The van der Waals surface area contributed by atoms with Crippen molar-refractivity contribution in [3.8, 4) is 0 Å². The van der Waals surface area contributed by atoms with Gasteiger partial charge in [0.15, 0.2) is 17.9 Å². The third kappa shape index (κ3) is 10.8. The van der Waals surface area contributed by atoms with Crippen molar-refractivity contribution in [1.82, 2.24) is 0 Å². The molecular formula is C46H54O10. The van der Waals surface area contributed by atoms with Gasteiger partial charge in [0.1, 0.15) is 48.8 Å². The van der Waals surface area contributed by atoms with E-state index in [0.717, 1.165) is 22.3 Å². The third-order valence-corrected chi connectivity index (χ3v) is 10.0. The number of aliphatic hydroxyl groups is 1. The van der Waals surface area contributed by atoms with Crippen molar-refractivity contribution in [3.05, 3.63) is 156 Å². The molecule has 0 aliphatic carbocycles. The minimum Gasteiger partial charge on any atom is -0.386 e. The number of benzene rings is 4. The summed E-state index contributed by atoms with van der Waals surface area (Å²) in [6.45, 7) is 8.89. The molecular weight excluding hydrogens is 712 g/mol. The highest BCUT2D eigenvalue weighted by atomic mass is 16.8. The van der Waals surface area contributed by atoms with Crippen LogP contribution in [-0.2, 0) is 69.1 Å². The van der Waals surface area contributed by atoms with E-state index in [9.17, 15) is 5.11 Å². The van der Waals surface area contributed by atoms with Gasteiger partial charge >= 0.3 is 0 Å². The first kappa shape index (κ1) is 40.4. The van der Waals surface area contributed by atoms with Gasteiger partial charge in [0.05, 0.1) is 33.0 Å². The Morgan fingerprint density at radius 3 is 1.54 bits per heavy atom. The molecule has 10 nitrogen and oxygen atoms in total. The number of hydrogen-bond acceptors (Lipinski definition) is 10.